The molecule has 2 heteroatoms. The monoisotopic (exact) mass is 558 g/mol. The van der Waals surface area contributed by atoms with Crippen LogP contribution in [-0.2, 0) is 5.41 Å². The molecule has 0 amide bonds. The van der Waals surface area contributed by atoms with E-state index in [0.29, 0.717) is 0 Å². The summed E-state index contributed by atoms with van der Waals surface area (Å²) in [5.74, 6) is 0.517. The lowest BCUT2D eigenvalue weighted by Gasteiger charge is -2.35. The highest BCUT2D eigenvalue weighted by Gasteiger charge is 2.46. The minimum Gasteiger partial charge on any atom is -0.507 e. The van der Waals surface area contributed by atoms with Crippen LogP contribution in [-0.4, -0.2) is 10.2 Å². The number of phenols is 2. The Labute approximate surface area is 253 Å². The standard InChI is InChI=1S/C41H34O2/c1-25-13-15-27(3)33(21-25)35-23-29(17-19-39(35)42)41(37-11-7-5-9-31(37)32-10-6-8-12-38(32)41)30-18-20-40(43)36(24-30)34-22-26(2)14-16-28(34)4/h5-24,42-43H,1-4H3. The van der Waals surface area contributed by atoms with E-state index in [1.165, 1.54) is 22.3 Å². The van der Waals surface area contributed by atoms with Gasteiger partial charge >= 0.3 is 0 Å². The molecule has 0 radical (unpaired) electrons. The van der Waals surface area contributed by atoms with Crippen molar-refractivity contribution in [1.82, 2.24) is 0 Å². The van der Waals surface area contributed by atoms with E-state index in [9.17, 15) is 10.2 Å². The molecular weight excluding hydrogens is 524 g/mol. The van der Waals surface area contributed by atoms with Crippen LogP contribution in [0.1, 0.15) is 44.5 Å². The van der Waals surface area contributed by atoms with Crippen molar-refractivity contribution in [1.29, 1.82) is 0 Å². The summed E-state index contributed by atoms with van der Waals surface area (Å²) in [5.41, 5.74) is 14.4. The van der Waals surface area contributed by atoms with E-state index in [1.807, 2.05) is 12.1 Å². The molecule has 0 saturated carbocycles. The zero-order chi connectivity index (χ0) is 29.9. The first-order valence-corrected chi connectivity index (χ1v) is 14.8. The molecule has 6 aromatic carbocycles. The first-order valence-electron chi connectivity index (χ1n) is 14.8. The average molecular weight is 559 g/mol. The highest BCUT2D eigenvalue weighted by molar-refractivity contribution is 5.88. The molecule has 210 valence electrons. The van der Waals surface area contributed by atoms with Crippen molar-refractivity contribution < 1.29 is 10.2 Å². The molecule has 0 atom stereocenters. The topological polar surface area (TPSA) is 40.5 Å². The van der Waals surface area contributed by atoms with Crippen LogP contribution in [0.4, 0.5) is 0 Å². The second-order valence-corrected chi connectivity index (χ2v) is 11.9. The molecule has 2 N–H and O–H groups in total. The van der Waals surface area contributed by atoms with Gasteiger partial charge in [-0.1, -0.05) is 108 Å². The van der Waals surface area contributed by atoms with Crippen LogP contribution in [0.15, 0.2) is 121 Å². The van der Waals surface area contributed by atoms with Gasteiger partial charge in [0.2, 0.25) is 0 Å². The Morgan fingerprint density at radius 1 is 0.395 bits per heavy atom. The van der Waals surface area contributed by atoms with Gasteiger partial charge in [-0.3, -0.25) is 0 Å². The van der Waals surface area contributed by atoms with Gasteiger partial charge in [0.15, 0.2) is 0 Å². The Morgan fingerprint density at radius 3 is 1.26 bits per heavy atom. The van der Waals surface area contributed by atoms with Gasteiger partial charge in [-0.15, -0.1) is 0 Å². The first kappa shape index (κ1) is 26.8. The fourth-order valence-corrected chi connectivity index (χ4v) is 7.05. The normalized spacial score (nSPS) is 13.0. The zero-order valence-corrected chi connectivity index (χ0v) is 24.9. The molecule has 6 aromatic rings. The van der Waals surface area contributed by atoms with Crippen molar-refractivity contribution in [3.05, 3.63) is 166 Å². The van der Waals surface area contributed by atoms with Gasteiger partial charge in [-0.2, -0.15) is 0 Å². The number of aromatic hydroxyl groups is 2. The van der Waals surface area contributed by atoms with Gasteiger partial charge in [-0.25, -0.2) is 0 Å². The highest BCUT2D eigenvalue weighted by Crippen LogP contribution is 2.57. The Kier molecular flexibility index (Phi) is 6.25. The summed E-state index contributed by atoms with van der Waals surface area (Å²) in [7, 11) is 0. The van der Waals surface area contributed by atoms with Gasteiger partial charge in [-0.05, 0) is 108 Å². The summed E-state index contributed by atoms with van der Waals surface area (Å²) in [6.45, 7) is 8.35. The third-order valence-corrected chi connectivity index (χ3v) is 9.18. The smallest absolute Gasteiger partial charge is 0.123 e. The predicted molar refractivity (Wildman–Crippen MR) is 177 cm³/mol. The molecule has 2 nitrogen and oxygen atoms in total. The number of phenolic OH excluding ortho intramolecular Hbond substituents is 2. The number of benzene rings is 6. The molecule has 0 aromatic heterocycles. The van der Waals surface area contributed by atoms with Gasteiger partial charge in [0, 0.05) is 11.1 Å². The second-order valence-electron chi connectivity index (χ2n) is 11.9. The molecule has 0 bridgehead atoms. The number of aryl methyl sites for hydroxylation is 4. The molecule has 1 aliphatic carbocycles. The highest BCUT2D eigenvalue weighted by atomic mass is 16.3. The molecule has 0 heterocycles. The molecule has 1 aliphatic rings. The fraction of sp³-hybridized carbons (Fsp3) is 0.122. The molecular formula is C41H34O2. The van der Waals surface area contributed by atoms with Gasteiger partial charge in [0.1, 0.15) is 11.5 Å². The van der Waals surface area contributed by atoms with Crippen LogP contribution in [0.5, 0.6) is 11.5 Å². The quantitative estimate of drug-likeness (QED) is 0.226. The van der Waals surface area contributed by atoms with Crippen LogP contribution in [0.2, 0.25) is 0 Å². The molecule has 0 unspecified atom stereocenters. The van der Waals surface area contributed by atoms with Crippen molar-refractivity contribution in [3.63, 3.8) is 0 Å². The van der Waals surface area contributed by atoms with Gasteiger partial charge < -0.3 is 10.2 Å². The van der Waals surface area contributed by atoms with E-state index in [1.54, 1.807) is 0 Å². The van der Waals surface area contributed by atoms with Crippen LogP contribution in [0, 0.1) is 27.7 Å². The molecule has 0 spiro atoms. The molecule has 0 fully saturated rings. The van der Waals surface area contributed by atoms with Gasteiger partial charge in [0.25, 0.3) is 0 Å². The maximum Gasteiger partial charge on any atom is 0.123 e. The third kappa shape index (κ3) is 4.09. The summed E-state index contributed by atoms with van der Waals surface area (Å²) >= 11 is 0. The average Bonchev–Trinajstić information content (AvgIpc) is 3.31. The molecule has 0 aliphatic heterocycles. The van der Waals surface area contributed by atoms with Crippen LogP contribution in [0.25, 0.3) is 33.4 Å². The van der Waals surface area contributed by atoms with E-state index in [2.05, 4.69) is 137 Å². The minimum absolute atomic E-state index is 0.258. The maximum absolute atomic E-state index is 11.2. The second kappa shape index (κ2) is 10.0. The summed E-state index contributed by atoms with van der Waals surface area (Å²) in [6, 6.07) is 42.1. The maximum atomic E-state index is 11.2. The summed E-state index contributed by atoms with van der Waals surface area (Å²) in [5, 5.41) is 22.5. The lowest BCUT2D eigenvalue weighted by Crippen LogP contribution is -2.28. The van der Waals surface area contributed by atoms with E-state index < -0.39 is 5.41 Å². The molecule has 0 saturated heterocycles. The van der Waals surface area contributed by atoms with E-state index in [4.69, 9.17) is 0 Å². The number of rotatable bonds is 4. The summed E-state index contributed by atoms with van der Waals surface area (Å²) < 4.78 is 0. The zero-order valence-electron chi connectivity index (χ0n) is 24.9. The lowest BCUT2D eigenvalue weighted by atomic mass is 9.67. The largest absolute Gasteiger partial charge is 0.507 e. The van der Waals surface area contributed by atoms with E-state index >= 15 is 0 Å². The van der Waals surface area contributed by atoms with Crippen molar-refractivity contribution in [2.75, 3.05) is 0 Å². The van der Waals surface area contributed by atoms with Crippen LogP contribution < -0.4 is 0 Å². The lowest BCUT2D eigenvalue weighted by molar-refractivity contribution is 0.477. The third-order valence-electron chi connectivity index (χ3n) is 9.18. The molecule has 43 heavy (non-hydrogen) atoms. The van der Waals surface area contributed by atoms with Crippen molar-refractivity contribution >= 4 is 0 Å². The first-order chi connectivity index (χ1) is 20.8. The Bertz CT molecular complexity index is 1900. The summed E-state index contributed by atoms with van der Waals surface area (Å²) in [6.07, 6.45) is 0. The van der Waals surface area contributed by atoms with Crippen LogP contribution >= 0.6 is 0 Å². The fourth-order valence-electron chi connectivity index (χ4n) is 7.05. The van der Waals surface area contributed by atoms with E-state index in [0.717, 1.165) is 55.6 Å². The van der Waals surface area contributed by atoms with Crippen molar-refractivity contribution in [2.45, 2.75) is 33.1 Å². The Hall–Kier alpha value is -5.08. The SMILES string of the molecule is Cc1ccc(C)c(-c2cc(C3(c4ccc(O)c(-c5cc(C)ccc5C)c4)c4ccccc4-c4ccccc43)ccc2O)c1. The van der Waals surface area contributed by atoms with Crippen LogP contribution in [0.3, 0.4) is 0 Å². The van der Waals surface area contributed by atoms with E-state index in [-0.39, 0.29) is 11.5 Å². The number of hydrogen-bond acceptors (Lipinski definition) is 2. The minimum atomic E-state index is -0.673. The number of hydrogen-bond donors (Lipinski definition) is 2. The predicted octanol–water partition coefficient (Wildman–Crippen LogP) is 10.0. The van der Waals surface area contributed by atoms with Gasteiger partial charge in [0.05, 0.1) is 5.41 Å². The molecule has 7 rings (SSSR count). The van der Waals surface area contributed by atoms with Crippen molar-refractivity contribution in [2.24, 2.45) is 0 Å². The number of fused-ring (bicyclic) bond motifs is 3. The summed E-state index contributed by atoms with van der Waals surface area (Å²) in [4.78, 5) is 0. The Morgan fingerprint density at radius 2 is 0.814 bits per heavy atom. The van der Waals surface area contributed by atoms with Crippen molar-refractivity contribution in [3.8, 4) is 44.9 Å². The Balaban J connectivity index is 1.59.